The van der Waals surface area contributed by atoms with Gasteiger partial charge in [0.25, 0.3) is 0 Å². The van der Waals surface area contributed by atoms with Gasteiger partial charge in [0.05, 0.1) is 17.7 Å². The van der Waals surface area contributed by atoms with Gasteiger partial charge in [-0.1, -0.05) is 19.3 Å². The monoisotopic (exact) mass is 500 g/mol. The van der Waals surface area contributed by atoms with E-state index in [2.05, 4.69) is 38.0 Å². The van der Waals surface area contributed by atoms with Gasteiger partial charge in [0.2, 0.25) is 5.91 Å². The molecule has 0 aliphatic heterocycles. The van der Waals surface area contributed by atoms with Crippen molar-refractivity contribution in [3.8, 4) is 0 Å². The second-order valence-electron chi connectivity index (χ2n) is 8.01. The molecule has 164 valence electrons. The zero-order chi connectivity index (χ0) is 21.7. The Labute approximate surface area is 188 Å². The maximum atomic E-state index is 13.6. The third kappa shape index (κ3) is 6.09. The van der Waals surface area contributed by atoms with Gasteiger partial charge in [0.15, 0.2) is 0 Å². The van der Waals surface area contributed by atoms with Crippen LogP contribution in [0.5, 0.6) is 0 Å². The molecule has 0 spiro atoms. The largest absolute Gasteiger partial charge is 0.390 e. The van der Waals surface area contributed by atoms with Gasteiger partial charge in [-0.05, 0) is 59.0 Å². The number of hydrogen-bond donors (Lipinski definition) is 3. The Morgan fingerprint density at radius 1 is 1.20 bits per heavy atom. The Morgan fingerprint density at radius 2 is 1.87 bits per heavy atom. The lowest BCUT2D eigenvalue weighted by atomic mass is 9.80. The Hall–Kier alpha value is -1.35. The van der Waals surface area contributed by atoms with E-state index in [-0.39, 0.29) is 24.4 Å². The molecule has 0 radical (unpaired) electrons. The van der Waals surface area contributed by atoms with Crippen molar-refractivity contribution in [2.24, 2.45) is 0 Å². The lowest BCUT2D eigenvalue weighted by molar-refractivity contribution is -0.120. The number of aliphatic hydroxyl groups is 1. The maximum absolute atomic E-state index is 13.6. The van der Waals surface area contributed by atoms with E-state index in [1.807, 2.05) is 0 Å². The first-order chi connectivity index (χ1) is 14.3. The molecular weight excluding hydrogens is 474 g/mol. The predicted molar refractivity (Wildman–Crippen MR) is 118 cm³/mol. The first-order valence-corrected chi connectivity index (χ1v) is 11.8. The number of hydrogen-bond acceptors (Lipinski definition) is 4. The summed E-state index contributed by atoms with van der Waals surface area (Å²) in [5.74, 6) is -1.65. The summed E-state index contributed by atoms with van der Waals surface area (Å²) in [4.78, 5) is 12.9. The summed E-state index contributed by atoms with van der Waals surface area (Å²) in [5.41, 5.74) is 0.182. The highest BCUT2D eigenvalue weighted by Crippen LogP contribution is 2.41. The summed E-state index contributed by atoms with van der Waals surface area (Å²) in [6, 6.07) is 4.72. The average Bonchev–Trinajstić information content (AvgIpc) is 3.12. The number of thiophene rings is 1. The van der Waals surface area contributed by atoms with E-state index in [9.17, 15) is 18.7 Å². The fraction of sp³-hybridized carbons (Fsp3) is 0.500. The summed E-state index contributed by atoms with van der Waals surface area (Å²) >= 11 is 5.21. The predicted octanol–water partition coefficient (Wildman–Crippen LogP) is 4.65. The smallest absolute Gasteiger partial charge is 0.217 e. The average molecular weight is 501 g/mol. The van der Waals surface area contributed by atoms with Crippen LogP contribution in [0.25, 0.3) is 0 Å². The summed E-state index contributed by atoms with van der Waals surface area (Å²) in [6.07, 6.45) is 4.58. The van der Waals surface area contributed by atoms with E-state index in [1.54, 1.807) is 11.3 Å². The summed E-state index contributed by atoms with van der Waals surface area (Å²) < 4.78 is 28.2. The van der Waals surface area contributed by atoms with Crippen LogP contribution in [0.2, 0.25) is 0 Å². The van der Waals surface area contributed by atoms with Gasteiger partial charge < -0.3 is 15.7 Å². The SMILES string of the molecule is CC(=O)N[C@@H](Cc1cc(F)cc(F)c1)[C@H](O)CNC1(c2cc(Br)cs2)CCCCC1. The zero-order valence-electron chi connectivity index (χ0n) is 16.9. The third-order valence-electron chi connectivity index (χ3n) is 5.63. The fourth-order valence-electron chi connectivity index (χ4n) is 4.20. The molecule has 1 heterocycles. The molecule has 1 amide bonds. The Morgan fingerprint density at radius 3 is 2.43 bits per heavy atom. The lowest BCUT2D eigenvalue weighted by Crippen LogP contribution is -2.52. The molecular formula is C22H27BrF2N2O2S. The second-order valence-corrected chi connectivity index (χ2v) is 9.84. The summed E-state index contributed by atoms with van der Waals surface area (Å²) in [5, 5.41) is 19.2. The molecule has 4 nitrogen and oxygen atoms in total. The Bertz CT molecular complexity index is 850. The van der Waals surface area contributed by atoms with Gasteiger partial charge in [-0.3, -0.25) is 4.79 Å². The van der Waals surface area contributed by atoms with Gasteiger partial charge >= 0.3 is 0 Å². The van der Waals surface area contributed by atoms with Crippen molar-refractivity contribution in [2.75, 3.05) is 6.54 Å². The highest BCUT2D eigenvalue weighted by atomic mass is 79.9. The lowest BCUT2D eigenvalue weighted by Gasteiger charge is -2.39. The van der Waals surface area contributed by atoms with Crippen molar-refractivity contribution in [3.05, 3.63) is 56.2 Å². The van der Waals surface area contributed by atoms with Gasteiger partial charge in [0.1, 0.15) is 11.6 Å². The van der Waals surface area contributed by atoms with Crippen LogP contribution in [0.3, 0.4) is 0 Å². The van der Waals surface area contributed by atoms with E-state index in [0.717, 1.165) is 36.2 Å². The van der Waals surface area contributed by atoms with Crippen molar-refractivity contribution < 1.29 is 18.7 Å². The van der Waals surface area contributed by atoms with Crippen LogP contribution in [-0.2, 0) is 16.8 Å². The fourth-order valence-corrected chi connectivity index (χ4v) is 5.86. The molecule has 3 N–H and O–H groups in total. The van der Waals surface area contributed by atoms with Crippen LogP contribution in [0, 0.1) is 11.6 Å². The van der Waals surface area contributed by atoms with Gasteiger partial charge in [-0.25, -0.2) is 8.78 Å². The minimum absolute atomic E-state index is 0.134. The molecule has 1 aromatic carbocycles. The molecule has 1 saturated carbocycles. The quantitative estimate of drug-likeness (QED) is 0.494. The maximum Gasteiger partial charge on any atom is 0.217 e. The minimum atomic E-state index is -0.914. The normalized spacial score (nSPS) is 18.0. The van der Waals surface area contributed by atoms with Crippen LogP contribution >= 0.6 is 27.3 Å². The van der Waals surface area contributed by atoms with Crippen LogP contribution in [0.1, 0.15) is 49.5 Å². The first kappa shape index (κ1) is 23.3. The van der Waals surface area contributed by atoms with E-state index >= 15 is 0 Å². The molecule has 1 aliphatic carbocycles. The Kier molecular flexibility index (Phi) is 8.01. The van der Waals surface area contributed by atoms with E-state index in [1.165, 1.54) is 30.4 Å². The first-order valence-electron chi connectivity index (χ1n) is 10.2. The molecule has 3 rings (SSSR count). The molecule has 2 aromatic rings. The number of carbonyl (C=O) groups is 1. The van der Waals surface area contributed by atoms with Crippen LogP contribution < -0.4 is 10.6 Å². The van der Waals surface area contributed by atoms with Crippen LogP contribution in [-0.4, -0.2) is 29.7 Å². The molecule has 1 aromatic heterocycles. The number of amides is 1. The molecule has 2 atom stereocenters. The molecule has 0 bridgehead atoms. The van der Waals surface area contributed by atoms with Crippen LogP contribution in [0.4, 0.5) is 8.78 Å². The standard InChI is InChI=1S/C22H27BrF2N2O2S/c1-14(28)27-19(9-15-7-17(24)11-18(25)8-15)20(29)12-26-22(5-3-2-4-6-22)21-10-16(23)13-30-21/h7-8,10-11,13,19-20,26,29H,2-6,9,12H2,1H3,(H,27,28)/t19-,20+/m0/s1. The Balaban J connectivity index is 1.73. The number of benzene rings is 1. The van der Waals surface area contributed by atoms with Gasteiger partial charge in [-0.15, -0.1) is 11.3 Å². The third-order valence-corrected chi connectivity index (χ3v) is 7.52. The summed E-state index contributed by atoms with van der Waals surface area (Å²) in [7, 11) is 0. The van der Waals surface area contributed by atoms with Crippen molar-refractivity contribution >= 4 is 33.2 Å². The van der Waals surface area contributed by atoms with Gasteiger partial charge in [-0.2, -0.15) is 0 Å². The number of rotatable bonds is 8. The molecule has 8 heteroatoms. The molecule has 1 aliphatic rings. The topological polar surface area (TPSA) is 61.4 Å². The number of aliphatic hydroxyl groups excluding tert-OH is 1. The number of carbonyl (C=O) groups excluding carboxylic acids is 1. The minimum Gasteiger partial charge on any atom is -0.390 e. The molecule has 0 saturated heterocycles. The van der Waals surface area contributed by atoms with Crippen molar-refractivity contribution in [1.82, 2.24) is 10.6 Å². The highest BCUT2D eigenvalue weighted by molar-refractivity contribution is 9.10. The summed E-state index contributed by atoms with van der Waals surface area (Å²) in [6.45, 7) is 1.63. The van der Waals surface area contributed by atoms with Crippen molar-refractivity contribution in [3.63, 3.8) is 0 Å². The van der Waals surface area contributed by atoms with Crippen LogP contribution in [0.15, 0.2) is 34.1 Å². The number of halogens is 3. The number of nitrogens with one attached hydrogen (secondary N) is 2. The van der Waals surface area contributed by atoms with Crippen molar-refractivity contribution in [1.29, 1.82) is 0 Å². The second kappa shape index (κ2) is 10.3. The highest BCUT2D eigenvalue weighted by Gasteiger charge is 2.36. The van der Waals surface area contributed by atoms with E-state index in [4.69, 9.17) is 0 Å². The zero-order valence-corrected chi connectivity index (χ0v) is 19.3. The molecule has 30 heavy (non-hydrogen) atoms. The molecule has 1 fully saturated rings. The van der Waals surface area contributed by atoms with E-state index < -0.39 is 23.8 Å². The van der Waals surface area contributed by atoms with E-state index in [0.29, 0.717) is 5.56 Å². The van der Waals surface area contributed by atoms with Gasteiger partial charge in [0, 0.05) is 34.3 Å². The van der Waals surface area contributed by atoms with Crippen molar-refractivity contribution in [2.45, 2.75) is 63.1 Å². The molecule has 0 unspecified atom stereocenters.